The van der Waals surface area contributed by atoms with Crippen molar-refractivity contribution in [3.05, 3.63) is 0 Å². The van der Waals surface area contributed by atoms with Crippen LogP contribution in [0.25, 0.3) is 0 Å². The molecule has 1 fully saturated rings. The van der Waals surface area contributed by atoms with Crippen molar-refractivity contribution in [2.45, 2.75) is 25.8 Å². The standard InChI is InChI=1S/C9H17NO5S/c1-2-8-7-15-5-4-10(8)16(13,14)6-3-9(11)12/h8H,2-7H2,1H3,(H,11,12). The zero-order chi connectivity index (χ0) is 12.2. The molecule has 0 spiro atoms. The third kappa shape index (κ3) is 3.43. The second kappa shape index (κ2) is 5.60. The number of aliphatic carboxylic acids is 1. The Morgan fingerprint density at radius 2 is 2.25 bits per heavy atom. The Labute approximate surface area is 95.2 Å². The van der Waals surface area contributed by atoms with E-state index >= 15 is 0 Å². The van der Waals surface area contributed by atoms with E-state index in [0.29, 0.717) is 26.2 Å². The number of rotatable bonds is 5. The molecule has 0 radical (unpaired) electrons. The van der Waals surface area contributed by atoms with Crippen LogP contribution >= 0.6 is 0 Å². The van der Waals surface area contributed by atoms with E-state index in [0.717, 1.165) is 0 Å². The van der Waals surface area contributed by atoms with Crippen molar-refractivity contribution in [1.29, 1.82) is 0 Å². The molecule has 1 saturated heterocycles. The fourth-order valence-corrected chi connectivity index (χ4v) is 3.34. The highest BCUT2D eigenvalue weighted by Gasteiger charge is 2.31. The van der Waals surface area contributed by atoms with Gasteiger partial charge in [-0.1, -0.05) is 6.92 Å². The molecule has 7 heteroatoms. The third-order valence-corrected chi connectivity index (χ3v) is 4.49. The number of nitrogens with zero attached hydrogens (tertiary/aromatic N) is 1. The molecular formula is C9H17NO5S. The Balaban J connectivity index is 2.68. The molecule has 0 amide bonds. The summed E-state index contributed by atoms with van der Waals surface area (Å²) < 4.78 is 30.3. The molecule has 1 rings (SSSR count). The van der Waals surface area contributed by atoms with E-state index in [1.165, 1.54) is 4.31 Å². The van der Waals surface area contributed by atoms with Crippen LogP contribution in [-0.2, 0) is 19.6 Å². The van der Waals surface area contributed by atoms with Crippen LogP contribution in [0.5, 0.6) is 0 Å². The summed E-state index contributed by atoms with van der Waals surface area (Å²) in [6, 6.07) is -0.160. The van der Waals surface area contributed by atoms with Gasteiger partial charge in [0.15, 0.2) is 0 Å². The molecule has 1 heterocycles. The molecule has 1 N–H and O–H groups in total. The number of carbonyl (C=O) groups is 1. The van der Waals surface area contributed by atoms with Gasteiger partial charge < -0.3 is 9.84 Å². The van der Waals surface area contributed by atoms with E-state index in [1.54, 1.807) is 0 Å². The number of hydrogen-bond acceptors (Lipinski definition) is 4. The van der Waals surface area contributed by atoms with Crippen LogP contribution < -0.4 is 0 Å². The molecule has 0 bridgehead atoms. The quantitative estimate of drug-likeness (QED) is 0.737. The van der Waals surface area contributed by atoms with Crippen molar-refractivity contribution in [3.63, 3.8) is 0 Å². The van der Waals surface area contributed by atoms with Crippen LogP contribution in [0.4, 0.5) is 0 Å². The van der Waals surface area contributed by atoms with Crippen LogP contribution in [0, 0.1) is 0 Å². The van der Waals surface area contributed by atoms with E-state index in [9.17, 15) is 13.2 Å². The minimum atomic E-state index is -3.47. The summed E-state index contributed by atoms with van der Waals surface area (Å²) in [7, 11) is -3.47. The maximum atomic E-state index is 11.9. The first-order valence-corrected chi connectivity index (χ1v) is 6.87. The summed E-state index contributed by atoms with van der Waals surface area (Å²) in [5.41, 5.74) is 0. The smallest absolute Gasteiger partial charge is 0.304 e. The molecule has 6 nitrogen and oxygen atoms in total. The van der Waals surface area contributed by atoms with Crippen LogP contribution in [0.3, 0.4) is 0 Å². The second-order valence-electron chi connectivity index (χ2n) is 3.71. The van der Waals surface area contributed by atoms with E-state index in [2.05, 4.69) is 0 Å². The zero-order valence-corrected chi connectivity index (χ0v) is 10.1. The molecule has 0 aromatic heterocycles. The molecule has 16 heavy (non-hydrogen) atoms. The molecule has 0 saturated carbocycles. The van der Waals surface area contributed by atoms with Crippen molar-refractivity contribution in [2.75, 3.05) is 25.5 Å². The van der Waals surface area contributed by atoms with E-state index in [-0.39, 0.29) is 18.2 Å². The zero-order valence-electron chi connectivity index (χ0n) is 9.26. The van der Waals surface area contributed by atoms with Gasteiger partial charge in [-0.15, -0.1) is 0 Å². The van der Waals surface area contributed by atoms with Crippen LogP contribution in [0.15, 0.2) is 0 Å². The topological polar surface area (TPSA) is 83.9 Å². The average Bonchev–Trinajstić information content (AvgIpc) is 2.26. The highest BCUT2D eigenvalue weighted by molar-refractivity contribution is 7.89. The van der Waals surface area contributed by atoms with Gasteiger partial charge in [0.2, 0.25) is 10.0 Å². The first kappa shape index (κ1) is 13.4. The fraction of sp³-hybridized carbons (Fsp3) is 0.889. The molecule has 0 aromatic carbocycles. The van der Waals surface area contributed by atoms with Gasteiger partial charge in [-0.3, -0.25) is 4.79 Å². The lowest BCUT2D eigenvalue weighted by atomic mass is 10.2. The van der Waals surface area contributed by atoms with Crippen molar-refractivity contribution in [1.82, 2.24) is 4.31 Å². The fourth-order valence-electron chi connectivity index (χ4n) is 1.66. The number of hydrogen-bond donors (Lipinski definition) is 1. The molecule has 0 aliphatic carbocycles. The second-order valence-corrected chi connectivity index (χ2v) is 5.75. The minimum absolute atomic E-state index is 0.160. The highest BCUT2D eigenvalue weighted by Crippen LogP contribution is 2.16. The van der Waals surface area contributed by atoms with E-state index < -0.39 is 16.0 Å². The predicted molar refractivity (Wildman–Crippen MR) is 57.6 cm³/mol. The van der Waals surface area contributed by atoms with Crippen molar-refractivity contribution in [2.24, 2.45) is 0 Å². The normalized spacial score (nSPS) is 23.2. The van der Waals surface area contributed by atoms with Gasteiger partial charge in [0.1, 0.15) is 0 Å². The summed E-state index contributed by atoms with van der Waals surface area (Å²) in [5, 5.41) is 8.49. The lowest BCUT2D eigenvalue weighted by Crippen LogP contribution is -2.49. The lowest BCUT2D eigenvalue weighted by molar-refractivity contribution is -0.136. The minimum Gasteiger partial charge on any atom is -0.481 e. The summed E-state index contributed by atoms with van der Waals surface area (Å²) in [4.78, 5) is 10.4. The Hall–Kier alpha value is -0.660. The Morgan fingerprint density at radius 3 is 2.81 bits per heavy atom. The number of sulfonamides is 1. The summed E-state index contributed by atoms with van der Waals surface area (Å²) in [6.45, 7) is 2.98. The van der Waals surface area contributed by atoms with Crippen LogP contribution in [0.1, 0.15) is 19.8 Å². The van der Waals surface area contributed by atoms with Crippen molar-refractivity contribution < 1.29 is 23.1 Å². The van der Waals surface area contributed by atoms with Crippen molar-refractivity contribution in [3.8, 4) is 0 Å². The summed E-state index contributed by atoms with van der Waals surface area (Å²) >= 11 is 0. The lowest BCUT2D eigenvalue weighted by Gasteiger charge is -2.33. The first-order valence-electron chi connectivity index (χ1n) is 5.26. The molecule has 1 aliphatic heterocycles. The molecule has 1 unspecified atom stereocenters. The van der Waals surface area contributed by atoms with Gasteiger partial charge >= 0.3 is 5.97 Å². The molecule has 0 aromatic rings. The van der Waals surface area contributed by atoms with Gasteiger partial charge in [-0.2, -0.15) is 4.31 Å². The van der Waals surface area contributed by atoms with Crippen molar-refractivity contribution >= 4 is 16.0 Å². The summed E-state index contributed by atoms with van der Waals surface area (Å²) in [5.74, 6) is -1.43. The van der Waals surface area contributed by atoms with Crippen LogP contribution in [-0.4, -0.2) is 55.4 Å². The van der Waals surface area contributed by atoms with Gasteiger partial charge in [-0.25, -0.2) is 8.42 Å². The summed E-state index contributed by atoms with van der Waals surface area (Å²) in [6.07, 6.45) is 0.322. The molecule has 1 aliphatic rings. The Morgan fingerprint density at radius 1 is 1.56 bits per heavy atom. The number of carboxylic acids is 1. The van der Waals surface area contributed by atoms with Gasteiger partial charge in [0.25, 0.3) is 0 Å². The largest absolute Gasteiger partial charge is 0.481 e. The maximum Gasteiger partial charge on any atom is 0.304 e. The first-order chi connectivity index (χ1) is 7.47. The van der Waals surface area contributed by atoms with E-state index in [4.69, 9.17) is 9.84 Å². The Bertz CT molecular complexity index is 340. The third-order valence-electron chi connectivity index (χ3n) is 2.58. The number of ether oxygens (including phenoxy) is 1. The molecular weight excluding hydrogens is 234 g/mol. The highest BCUT2D eigenvalue weighted by atomic mass is 32.2. The average molecular weight is 251 g/mol. The molecule has 1 atom stereocenters. The van der Waals surface area contributed by atoms with Crippen LogP contribution in [0.2, 0.25) is 0 Å². The van der Waals surface area contributed by atoms with Gasteiger partial charge in [-0.05, 0) is 6.42 Å². The Kier molecular flexibility index (Phi) is 4.69. The van der Waals surface area contributed by atoms with Gasteiger partial charge in [0.05, 0.1) is 25.4 Å². The monoisotopic (exact) mass is 251 g/mol. The number of morpholine rings is 1. The molecule has 94 valence electrons. The SMILES string of the molecule is CCC1COCCN1S(=O)(=O)CCC(=O)O. The van der Waals surface area contributed by atoms with Gasteiger partial charge in [0, 0.05) is 12.6 Å². The van der Waals surface area contributed by atoms with E-state index in [1.807, 2.05) is 6.92 Å². The predicted octanol–water partition coefficient (Wildman–Crippen LogP) is -0.0983. The number of carboxylic acid groups (broad SMARTS) is 1. The maximum absolute atomic E-state index is 11.9.